The lowest BCUT2D eigenvalue weighted by Crippen LogP contribution is -2.40. The molecule has 2 aromatic rings. The molecule has 11 heteroatoms. The van der Waals surface area contributed by atoms with E-state index in [4.69, 9.17) is 14.2 Å². The minimum atomic E-state index is -4.07. The monoisotopic (exact) mass is 422 g/mol. The van der Waals surface area contributed by atoms with E-state index in [1.54, 1.807) is 0 Å². The van der Waals surface area contributed by atoms with Crippen LogP contribution in [-0.2, 0) is 14.8 Å². The van der Waals surface area contributed by atoms with Gasteiger partial charge in [0.25, 0.3) is 5.69 Å². The number of nitro benzene ring substituents is 1. The summed E-state index contributed by atoms with van der Waals surface area (Å²) < 4.78 is 43.5. The van der Waals surface area contributed by atoms with Crippen LogP contribution in [-0.4, -0.2) is 57.3 Å². The Bertz CT molecular complexity index is 1030. The number of ether oxygens (including phenoxy) is 3. The molecule has 29 heavy (non-hydrogen) atoms. The van der Waals surface area contributed by atoms with Gasteiger partial charge in [0.1, 0.15) is 16.9 Å². The number of benzene rings is 2. The molecule has 0 unspecified atom stereocenters. The molecule has 0 spiro atoms. The van der Waals surface area contributed by atoms with Gasteiger partial charge in [-0.15, -0.1) is 0 Å². The summed E-state index contributed by atoms with van der Waals surface area (Å²) in [5.41, 5.74) is -0.0356. The molecule has 0 atom stereocenters. The van der Waals surface area contributed by atoms with E-state index in [1.165, 1.54) is 35.7 Å². The third kappa shape index (κ3) is 4.36. The van der Waals surface area contributed by atoms with E-state index in [-0.39, 0.29) is 54.1 Å². The summed E-state index contributed by atoms with van der Waals surface area (Å²) in [5.74, 6) is 0.271. The fourth-order valence-electron chi connectivity index (χ4n) is 2.78. The molecule has 1 heterocycles. The Hall–Kier alpha value is -3.02. The van der Waals surface area contributed by atoms with Gasteiger partial charge in [0, 0.05) is 30.8 Å². The first-order valence-corrected chi connectivity index (χ1v) is 9.98. The van der Waals surface area contributed by atoms with E-state index in [0.717, 1.165) is 12.1 Å². The van der Waals surface area contributed by atoms with E-state index >= 15 is 0 Å². The predicted molar refractivity (Wildman–Crippen MR) is 101 cm³/mol. The molecular weight excluding hydrogens is 404 g/mol. The Morgan fingerprint density at radius 2 is 1.79 bits per heavy atom. The third-order valence-electron chi connectivity index (χ3n) is 4.27. The van der Waals surface area contributed by atoms with Gasteiger partial charge in [-0.2, -0.15) is 4.31 Å². The maximum Gasteiger partial charge on any atom is 0.271 e. The van der Waals surface area contributed by atoms with E-state index in [1.807, 2.05) is 0 Å². The Labute approximate surface area is 166 Å². The van der Waals surface area contributed by atoms with Crippen LogP contribution in [0.1, 0.15) is 10.4 Å². The number of hydrogen-bond donors (Lipinski definition) is 0. The van der Waals surface area contributed by atoms with Crippen molar-refractivity contribution in [2.24, 2.45) is 0 Å². The van der Waals surface area contributed by atoms with Crippen LogP contribution in [0.4, 0.5) is 5.69 Å². The molecule has 10 nitrogen and oxygen atoms in total. The smallest absolute Gasteiger partial charge is 0.271 e. The number of methoxy groups -OCH3 is 1. The lowest BCUT2D eigenvalue weighted by Gasteiger charge is -2.26. The molecule has 0 radical (unpaired) electrons. The van der Waals surface area contributed by atoms with Crippen molar-refractivity contribution in [1.29, 1.82) is 0 Å². The molecule has 1 saturated heterocycles. The van der Waals surface area contributed by atoms with Gasteiger partial charge in [0.15, 0.2) is 11.5 Å². The summed E-state index contributed by atoms with van der Waals surface area (Å²) in [7, 11) is -2.70. The molecule has 2 aromatic carbocycles. The van der Waals surface area contributed by atoms with Crippen molar-refractivity contribution in [2.75, 3.05) is 33.4 Å². The minimum Gasteiger partial charge on any atom is -0.493 e. The molecule has 154 valence electrons. The number of nitrogens with zero attached hydrogens (tertiary/aromatic N) is 2. The van der Waals surface area contributed by atoms with Gasteiger partial charge in [-0.25, -0.2) is 8.42 Å². The lowest BCUT2D eigenvalue weighted by molar-refractivity contribution is -0.385. The van der Waals surface area contributed by atoms with Crippen molar-refractivity contribution in [3.8, 4) is 17.2 Å². The number of non-ortho nitro benzene ring substituents is 1. The number of sulfonamides is 1. The maximum atomic E-state index is 13.1. The number of carbonyl (C=O) groups excluding carboxylic acids is 1. The van der Waals surface area contributed by atoms with E-state index < -0.39 is 14.9 Å². The van der Waals surface area contributed by atoms with Gasteiger partial charge in [-0.3, -0.25) is 14.9 Å². The van der Waals surface area contributed by atoms with Gasteiger partial charge in [0.2, 0.25) is 10.0 Å². The minimum absolute atomic E-state index is 0.0979. The zero-order valence-corrected chi connectivity index (χ0v) is 16.3. The summed E-state index contributed by atoms with van der Waals surface area (Å²) >= 11 is 0. The normalized spacial score (nSPS) is 14.9. The number of aldehydes is 1. The first-order chi connectivity index (χ1) is 13.9. The van der Waals surface area contributed by atoms with Crippen LogP contribution >= 0.6 is 0 Å². The van der Waals surface area contributed by atoms with E-state index in [2.05, 4.69) is 0 Å². The summed E-state index contributed by atoms with van der Waals surface area (Å²) in [5, 5.41) is 11.2. The van der Waals surface area contributed by atoms with Crippen LogP contribution in [0, 0.1) is 10.1 Å². The van der Waals surface area contributed by atoms with E-state index in [9.17, 15) is 23.3 Å². The average molecular weight is 422 g/mol. The van der Waals surface area contributed by atoms with Crippen LogP contribution in [0.25, 0.3) is 0 Å². The second-order valence-corrected chi connectivity index (χ2v) is 7.94. The van der Waals surface area contributed by atoms with Crippen LogP contribution < -0.4 is 9.47 Å². The zero-order valence-electron chi connectivity index (χ0n) is 15.4. The zero-order chi connectivity index (χ0) is 21.0. The highest BCUT2D eigenvalue weighted by Crippen LogP contribution is 2.37. The molecule has 1 aliphatic heterocycles. The van der Waals surface area contributed by atoms with Crippen molar-refractivity contribution < 1.29 is 32.3 Å². The van der Waals surface area contributed by atoms with Crippen LogP contribution in [0.3, 0.4) is 0 Å². The van der Waals surface area contributed by atoms with Gasteiger partial charge in [0.05, 0.1) is 25.2 Å². The second-order valence-electron chi connectivity index (χ2n) is 6.03. The fraction of sp³-hybridized carbons (Fsp3) is 0.278. The summed E-state index contributed by atoms with van der Waals surface area (Å²) in [6.07, 6.45) is 0.631. The van der Waals surface area contributed by atoms with E-state index in [0.29, 0.717) is 11.8 Å². The molecule has 0 N–H and O–H groups in total. The SMILES string of the molecule is COc1cc(C=O)ccc1Oc1ccc([N+](=O)[O-])cc1S(=O)(=O)N1CCOCC1. The van der Waals surface area contributed by atoms with Crippen LogP contribution in [0.5, 0.6) is 17.2 Å². The van der Waals surface area contributed by atoms with Crippen molar-refractivity contribution in [3.63, 3.8) is 0 Å². The van der Waals surface area contributed by atoms with Crippen LogP contribution in [0.2, 0.25) is 0 Å². The van der Waals surface area contributed by atoms with Crippen LogP contribution in [0.15, 0.2) is 41.3 Å². The number of carbonyl (C=O) groups is 1. The molecule has 1 aliphatic rings. The summed E-state index contributed by atoms with van der Waals surface area (Å²) in [6.45, 7) is 0.709. The number of rotatable bonds is 7. The highest BCUT2D eigenvalue weighted by Gasteiger charge is 2.31. The standard InChI is InChI=1S/C18H18N2O8S/c1-26-17-10-13(12-21)2-4-15(17)28-16-5-3-14(20(22)23)11-18(16)29(24,25)19-6-8-27-9-7-19/h2-5,10-12H,6-9H2,1H3. The highest BCUT2D eigenvalue weighted by molar-refractivity contribution is 7.89. The second kappa shape index (κ2) is 8.55. The molecular formula is C18H18N2O8S. The topological polar surface area (TPSA) is 125 Å². The lowest BCUT2D eigenvalue weighted by atomic mass is 10.2. The Morgan fingerprint density at radius 3 is 2.41 bits per heavy atom. The quantitative estimate of drug-likeness (QED) is 0.378. The molecule has 0 aliphatic carbocycles. The van der Waals surface area contributed by atoms with Gasteiger partial charge < -0.3 is 14.2 Å². The highest BCUT2D eigenvalue weighted by atomic mass is 32.2. The fourth-order valence-corrected chi connectivity index (χ4v) is 4.32. The number of nitro groups is 1. The molecule has 0 saturated carbocycles. The van der Waals surface area contributed by atoms with Gasteiger partial charge in [-0.1, -0.05) is 0 Å². The van der Waals surface area contributed by atoms with Crippen molar-refractivity contribution in [1.82, 2.24) is 4.31 Å². The largest absolute Gasteiger partial charge is 0.493 e. The number of hydrogen-bond acceptors (Lipinski definition) is 8. The third-order valence-corrected chi connectivity index (χ3v) is 6.19. The molecule has 0 amide bonds. The Morgan fingerprint density at radius 1 is 1.10 bits per heavy atom. The molecule has 0 bridgehead atoms. The van der Waals surface area contributed by atoms with Crippen molar-refractivity contribution in [2.45, 2.75) is 4.90 Å². The summed E-state index contributed by atoms with van der Waals surface area (Å²) in [4.78, 5) is 21.1. The predicted octanol–water partition coefficient (Wildman–Crippen LogP) is 2.23. The average Bonchev–Trinajstić information content (AvgIpc) is 2.74. The molecule has 0 aromatic heterocycles. The summed E-state index contributed by atoms with van der Waals surface area (Å²) in [6, 6.07) is 7.70. The molecule has 3 rings (SSSR count). The van der Waals surface area contributed by atoms with Crippen molar-refractivity contribution >= 4 is 22.0 Å². The Balaban J connectivity index is 2.07. The maximum absolute atomic E-state index is 13.1. The first-order valence-electron chi connectivity index (χ1n) is 8.54. The number of morpholine rings is 1. The van der Waals surface area contributed by atoms with Crippen molar-refractivity contribution in [3.05, 3.63) is 52.1 Å². The Kier molecular flexibility index (Phi) is 6.11. The molecule has 1 fully saturated rings. The first kappa shape index (κ1) is 20.7. The van der Waals surface area contributed by atoms with Gasteiger partial charge >= 0.3 is 0 Å². The van der Waals surface area contributed by atoms with Gasteiger partial charge in [-0.05, 0) is 24.3 Å².